The summed E-state index contributed by atoms with van der Waals surface area (Å²) >= 11 is 0. The molecule has 0 aliphatic carbocycles. The van der Waals surface area contributed by atoms with Crippen LogP contribution >= 0.6 is 0 Å². The van der Waals surface area contributed by atoms with E-state index in [0.717, 1.165) is 0 Å². The zero-order chi connectivity index (χ0) is 19.6. The maximum absolute atomic E-state index is 12.5. The van der Waals surface area contributed by atoms with Crippen molar-refractivity contribution in [3.8, 4) is 0 Å². The van der Waals surface area contributed by atoms with E-state index in [-0.39, 0.29) is 29.9 Å². The molecule has 1 aliphatic heterocycles. The van der Waals surface area contributed by atoms with E-state index >= 15 is 0 Å². The highest BCUT2D eigenvalue weighted by Crippen LogP contribution is 2.18. The molecule has 0 saturated carbocycles. The van der Waals surface area contributed by atoms with Crippen molar-refractivity contribution >= 4 is 11.8 Å². The van der Waals surface area contributed by atoms with Gasteiger partial charge in [0.25, 0.3) is 11.8 Å². The van der Waals surface area contributed by atoms with Crippen LogP contribution in [0.1, 0.15) is 47.9 Å². The molecule has 2 aromatic rings. The average molecular weight is 369 g/mol. The zero-order valence-corrected chi connectivity index (χ0v) is 16.1. The number of rotatable bonds is 3. The van der Waals surface area contributed by atoms with Gasteiger partial charge in [-0.15, -0.1) is 0 Å². The molecule has 1 aromatic heterocycles. The number of hydrogen-bond acceptors (Lipinski definition) is 3. The Bertz CT molecular complexity index is 808. The fourth-order valence-corrected chi connectivity index (χ4v) is 3.25. The highest BCUT2D eigenvalue weighted by molar-refractivity contribution is 5.95. The van der Waals surface area contributed by atoms with Gasteiger partial charge in [0, 0.05) is 36.6 Å². The van der Waals surface area contributed by atoms with E-state index in [2.05, 4.69) is 26.1 Å². The third kappa shape index (κ3) is 4.39. The molecule has 2 amide bonds. The van der Waals surface area contributed by atoms with E-state index in [1.807, 2.05) is 35.2 Å². The van der Waals surface area contributed by atoms with Gasteiger partial charge in [-0.05, 0) is 45.4 Å². The first kappa shape index (κ1) is 19.2. The lowest BCUT2D eigenvalue weighted by Crippen LogP contribution is -2.55. The highest BCUT2D eigenvalue weighted by atomic mass is 16.3. The number of aromatic nitrogens is 1. The normalized spacial score (nSPS) is 20.4. The number of nitrogens with one attached hydrogen (secondary N) is 1. The summed E-state index contributed by atoms with van der Waals surface area (Å²) in [4.78, 5) is 26.7. The van der Waals surface area contributed by atoms with Gasteiger partial charge in [0.05, 0.1) is 17.7 Å². The van der Waals surface area contributed by atoms with E-state index in [0.29, 0.717) is 24.1 Å². The van der Waals surface area contributed by atoms with Gasteiger partial charge in [0.1, 0.15) is 0 Å². The predicted octanol–water partition coefficient (Wildman–Crippen LogP) is 2.25. The lowest BCUT2D eigenvalue weighted by molar-refractivity contribution is 0.0315. The molecule has 2 heterocycles. The molecule has 0 radical (unpaired) electrons. The first-order valence-corrected chi connectivity index (χ1v) is 9.27. The van der Waals surface area contributed by atoms with E-state index in [9.17, 15) is 14.7 Å². The molecule has 3 rings (SSSR count). The predicted molar refractivity (Wildman–Crippen MR) is 104 cm³/mol. The van der Waals surface area contributed by atoms with Gasteiger partial charge in [0.15, 0.2) is 0 Å². The number of β-amino-alcohol motifs (C(OH)–C–C–N with tert-alkyl or cyclic N) is 1. The quantitative estimate of drug-likeness (QED) is 0.871. The van der Waals surface area contributed by atoms with Crippen LogP contribution in [0, 0.1) is 0 Å². The monoisotopic (exact) mass is 369 g/mol. The van der Waals surface area contributed by atoms with Crippen molar-refractivity contribution < 1.29 is 14.7 Å². The van der Waals surface area contributed by atoms with Crippen LogP contribution in [-0.4, -0.2) is 51.6 Å². The largest absolute Gasteiger partial charge is 0.389 e. The minimum absolute atomic E-state index is 0.0957. The van der Waals surface area contributed by atoms with E-state index < -0.39 is 6.10 Å². The van der Waals surface area contributed by atoms with Crippen LogP contribution in [-0.2, 0) is 5.54 Å². The molecule has 1 aromatic carbocycles. The van der Waals surface area contributed by atoms with Gasteiger partial charge in [0.2, 0.25) is 0 Å². The molecular weight excluding hydrogens is 342 g/mol. The van der Waals surface area contributed by atoms with Crippen molar-refractivity contribution in [1.82, 2.24) is 14.8 Å². The number of hydrogen-bond donors (Lipinski definition) is 2. The summed E-state index contributed by atoms with van der Waals surface area (Å²) in [5.74, 6) is -0.299. The van der Waals surface area contributed by atoms with Crippen LogP contribution in [0.15, 0.2) is 48.8 Å². The smallest absolute Gasteiger partial charge is 0.253 e. The number of likely N-dealkylation sites (tertiary alicyclic amines) is 1. The van der Waals surface area contributed by atoms with E-state index in [1.165, 1.54) is 0 Å². The van der Waals surface area contributed by atoms with Crippen molar-refractivity contribution in [2.75, 3.05) is 13.1 Å². The molecule has 2 N–H and O–H groups in total. The Hall–Kier alpha value is -2.60. The summed E-state index contributed by atoms with van der Waals surface area (Å²) in [5, 5.41) is 13.4. The maximum atomic E-state index is 12.5. The third-order valence-corrected chi connectivity index (χ3v) is 4.94. The van der Waals surface area contributed by atoms with Crippen molar-refractivity contribution in [3.63, 3.8) is 0 Å². The van der Waals surface area contributed by atoms with Gasteiger partial charge >= 0.3 is 0 Å². The molecule has 1 saturated heterocycles. The van der Waals surface area contributed by atoms with Crippen LogP contribution in [0.5, 0.6) is 0 Å². The fourth-order valence-electron chi connectivity index (χ4n) is 3.25. The number of carbonyl (C=O) groups is 2. The first-order valence-electron chi connectivity index (χ1n) is 9.27. The molecule has 0 spiro atoms. The Labute approximate surface area is 159 Å². The third-order valence-electron chi connectivity index (χ3n) is 4.94. The highest BCUT2D eigenvalue weighted by Gasteiger charge is 2.32. The minimum Gasteiger partial charge on any atom is -0.389 e. The SMILES string of the molecule is CC(C)(C)n1ccc(C(=O)NC2CCN(C(=O)c3ccccc3)CC2O)c1. The summed E-state index contributed by atoms with van der Waals surface area (Å²) in [5.41, 5.74) is 1.08. The Kier molecular flexibility index (Phi) is 5.37. The second kappa shape index (κ2) is 7.56. The second-order valence-electron chi connectivity index (χ2n) is 8.03. The standard InChI is InChI=1S/C21H27N3O3/c1-21(2,3)24-12-9-16(13-24)19(26)22-17-10-11-23(14-18(17)25)20(27)15-7-5-4-6-8-15/h4-9,12-13,17-18,25H,10-11,14H2,1-3H3,(H,22,26). The van der Waals surface area contributed by atoms with E-state index in [4.69, 9.17) is 0 Å². The number of aliphatic hydroxyl groups excluding tert-OH is 1. The number of nitrogens with zero attached hydrogens (tertiary/aromatic N) is 2. The van der Waals surface area contributed by atoms with Crippen LogP contribution in [0.4, 0.5) is 0 Å². The van der Waals surface area contributed by atoms with Crippen molar-refractivity contribution in [1.29, 1.82) is 0 Å². The van der Waals surface area contributed by atoms with E-state index in [1.54, 1.807) is 23.1 Å². The van der Waals surface area contributed by atoms with Crippen LogP contribution < -0.4 is 5.32 Å². The lowest BCUT2D eigenvalue weighted by atomic mass is 10.0. The Morgan fingerprint density at radius 3 is 2.41 bits per heavy atom. The molecule has 1 fully saturated rings. The molecule has 0 bridgehead atoms. The Morgan fingerprint density at radius 2 is 1.81 bits per heavy atom. The second-order valence-corrected chi connectivity index (χ2v) is 8.03. The van der Waals surface area contributed by atoms with Gasteiger partial charge in [-0.1, -0.05) is 18.2 Å². The van der Waals surface area contributed by atoms with Gasteiger partial charge in [-0.3, -0.25) is 9.59 Å². The minimum atomic E-state index is -0.792. The van der Waals surface area contributed by atoms with Crippen molar-refractivity contribution in [2.45, 2.75) is 44.9 Å². The number of benzene rings is 1. The van der Waals surface area contributed by atoms with Crippen molar-refractivity contribution in [3.05, 3.63) is 59.9 Å². The Morgan fingerprint density at radius 1 is 1.11 bits per heavy atom. The number of piperidine rings is 1. The molecule has 27 heavy (non-hydrogen) atoms. The molecule has 1 aliphatic rings. The first-order chi connectivity index (χ1) is 12.8. The summed E-state index contributed by atoms with van der Waals surface area (Å²) in [6.45, 7) is 6.91. The number of amides is 2. The summed E-state index contributed by atoms with van der Waals surface area (Å²) < 4.78 is 1.99. The molecule has 6 heteroatoms. The average Bonchev–Trinajstić information content (AvgIpc) is 3.14. The van der Waals surface area contributed by atoms with Crippen LogP contribution in [0.3, 0.4) is 0 Å². The molecule has 6 nitrogen and oxygen atoms in total. The number of aliphatic hydroxyl groups is 1. The molecule has 2 unspecified atom stereocenters. The number of carbonyl (C=O) groups excluding carboxylic acids is 2. The van der Waals surface area contributed by atoms with Gasteiger partial charge in [-0.25, -0.2) is 0 Å². The van der Waals surface area contributed by atoms with Gasteiger partial charge in [-0.2, -0.15) is 0 Å². The van der Waals surface area contributed by atoms with Crippen molar-refractivity contribution in [2.24, 2.45) is 0 Å². The lowest BCUT2D eigenvalue weighted by Gasteiger charge is -2.36. The van der Waals surface area contributed by atoms with Gasteiger partial charge < -0.3 is 19.9 Å². The summed E-state index contributed by atoms with van der Waals surface area (Å²) in [6.07, 6.45) is 3.42. The zero-order valence-electron chi connectivity index (χ0n) is 16.1. The maximum Gasteiger partial charge on any atom is 0.253 e. The summed E-state index contributed by atoms with van der Waals surface area (Å²) in [7, 11) is 0. The van der Waals surface area contributed by atoms with Crippen LogP contribution in [0.25, 0.3) is 0 Å². The summed E-state index contributed by atoms with van der Waals surface area (Å²) in [6, 6.07) is 10.4. The topological polar surface area (TPSA) is 74.6 Å². The molecular formula is C21H27N3O3. The Balaban J connectivity index is 1.59. The fraction of sp³-hybridized carbons (Fsp3) is 0.429. The van der Waals surface area contributed by atoms with Crippen LogP contribution in [0.2, 0.25) is 0 Å². The molecule has 144 valence electrons. The molecule has 2 atom stereocenters.